The van der Waals surface area contributed by atoms with E-state index in [1.165, 1.54) is 11.9 Å². The van der Waals surface area contributed by atoms with Gasteiger partial charge in [-0.3, -0.25) is 14.4 Å². The Morgan fingerprint density at radius 1 is 1.32 bits per heavy atom. The number of amides is 2. The van der Waals surface area contributed by atoms with E-state index in [0.29, 0.717) is 0 Å². The third kappa shape index (κ3) is 8.15. The lowest BCUT2D eigenvalue weighted by Gasteiger charge is -2.24. The number of nitrogens with zero attached hydrogens (tertiary/aromatic N) is 1. The normalized spacial score (nSPS) is 12.7. The molecule has 0 rings (SSSR count). The number of nitrogens with one attached hydrogen (secondary N) is 1. The standard InChI is InChI=1S/C12H23N3O4/c1-12(2,3)14-9(16)7-15(4)11(19)8(13)5-6-10(17)18/h8H,5-7,13H2,1-4H3,(H,14,16)(H,17,18). The second kappa shape index (κ2) is 7.08. The van der Waals surface area contributed by atoms with Gasteiger partial charge in [-0.25, -0.2) is 0 Å². The first-order chi connectivity index (χ1) is 8.53. The molecule has 0 aliphatic heterocycles. The maximum atomic E-state index is 11.8. The number of hydrogen-bond donors (Lipinski definition) is 3. The zero-order valence-electron chi connectivity index (χ0n) is 11.9. The summed E-state index contributed by atoms with van der Waals surface area (Å²) in [5.41, 5.74) is 5.21. The summed E-state index contributed by atoms with van der Waals surface area (Å²) in [6, 6.07) is -0.900. The van der Waals surface area contributed by atoms with E-state index in [2.05, 4.69) is 5.32 Å². The highest BCUT2D eigenvalue weighted by atomic mass is 16.4. The molecule has 2 amide bonds. The largest absolute Gasteiger partial charge is 0.481 e. The van der Waals surface area contributed by atoms with E-state index < -0.39 is 17.9 Å². The SMILES string of the molecule is CN(CC(=O)NC(C)(C)C)C(=O)C(N)CCC(=O)O. The van der Waals surface area contributed by atoms with Gasteiger partial charge < -0.3 is 21.1 Å². The number of carboxylic acids is 1. The van der Waals surface area contributed by atoms with Crippen molar-refractivity contribution in [2.45, 2.75) is 45.2 Å². The molecular formula is C12H23N3O4. The fraction of sp³-hybridized carbons (Fsp3) is 0.750. The first-order valence-electron chi connectivity index (χ1n) is 6.06. The number of likely N-dealkylation sites (N-methyl/N-ethyl adjacent to an activating group) is 1. The molecule has 0 radical (unpaired) electrons. The highest BCUT2D eigenvalue weighted by molar-refractivity contribution is 5.87. The van der Waals surface area contributed by atoms with Crippen LogP contribution < -0.4 is 11.1 Å². The van der Waals surface area contributed by atoms with Gasteiger partial charge in [0.05, 0.1) is 12.6 Å². The molecule has 7 heteroatoms. The van der Waals surface area contributed by atoms with Crippen LogP contribution in [0.15, 0.2) is 0 Å². The van der Waals surface area contributed by atoms with Gasteiger partial charge in [0.15, 0.2) is 0 Å². The number of hydrogen-bond acceptors (Lipinski definition) is 4. The molecule has 0 bridgehead atoms. The van der Waals surface area contributed by atoms with Gasteiger partial charge in [0, 0.05) is 19.0 Å². The van der Waals surface area contributed by atoms with Crippen molar-refractivity contribution >= 4 is 17.8 Å². The van der Waals surface area contributed by atoms with E-state index in [1.807, 2.05) is 20.8 Å². The van der Waals surface area contributed by atoms with Crippen LogP contribution in [0.2, 0.25) is 0 Å². The van der Waals surface area contributed by atoms with E-state index in [9.17, 15) is 14.4 Å². The Kier molecular flexibility index (Phi) is 6.47. The molecule has 0 saturated heterocycles. The molecule has 110 valence electrons. The molecule has 1 atom stereocenters. The molecule has 0 aliphatic carbocycles. The van der Waals surface area contributed by atoms with E-state index >= 15 is 0 Å². The summed E-state index contributed by atoms with van der Waals surface area (Å²) in [6.45, 7) is 5.42. The number of nitrogens with two attached hydrogens (primary N) is 1. The molecule has 0 heterocycles. The smallest absolute Gasteiger partial charge is 0.303 e. The van der Waals surface area contributed by atoms with Crippen LogP contribution in [-0.2, 0) is 14.4 Å². The van der Waals surface area contributed by atoms with Crippen molar-refractivity contribution in [2.75, 3.05) is 13.6 Å². The number of rotatable bonds is 6. The van der Waals surface area contributed by atoms with Gasteiger partial charge in [-0.1, -0.05) is 0 Å². The summed E-state index contributed by atoms with van der Waals surface area (Å²) in [4.78, 5) is 35.0. The Labute approximate surface area is 113 Å². The number of carbonyl (C=O) groups excluding carboxylic acids is 2. The van der Waals surface area contributed by atoms with Crippen LogP contribution in [-0.4, -0.2) is 53.0 Å². The Bertz CT molecular complexity index is 349. The minimum atomic E-state index is -1.00. The first-order valence-corrected chi connectivity index (χ1v) is 6.06. The van der Waals surface area contributed by atoms with Crippen molar-refractivity contribution in [1.82, 2.24) is 10.2 Å². The molecule has 4 N–H and O–H groups in total. The van der Waals surface area contributed by atoms with Gasteiger partial charge in [-0.15, -0.1) is 0 Å². The maximum absolute atomic E-state index is 11.8. The number of carboxylic acid groups (broad SMARTS) is 1. The van der Waals surface area contributed by atoms with E-state index in [4.69, 9.17) is 10.8 Å². The number of carbonyl (C=O) groups is 3. The van der Waals surface area contributed by atoms with Crippen molar-refractivity contribution in [3.05, 3.63) is 0 Å². The third-order valence-corrected chi connectivity index (χ3v) is 2.26. The molecule has 19 heavy (non-hydrogen) atoms. The van der Waals surface area contributed by atoms with Gasteiger partial charge in [-0.05, 0) is 27.2 Å². The summed E-state index contributed by atoms with van der Waals surface area (Å²) in [6.07, 6.45) is -0.117. The van der Waals surface area contributed by atoms with Gasteiger partial charge in [0.1, 0.15) is 0 Å². The number of aliphatic carboxylic acids is 1. The van der Waals surface area contributed by atoms with Crippen molar-refractivity contribution in [3.63, 3.8) is 0 Å². The molecular weight excluding hydrogens is 250 g/mol. The Hall–Kier alpha value is -1.63. The molecule has 0 spiro atoms. The fourth-order valence-electron chi connectivity index (χ4n) is 1.44. The maximum Gasteiger partial charge on any atom is 0.303 e. The van der Waals surface area contributed by atoms with E-state index in [0.717, 1.165) is 0 Å². The van der Waals surface area contributed by atoms with Crippen molar-refractivity contribution < 1.29 is 19.5 Å². The molecule has 0 saturated carbocycles. The monoisotopic (exact) mass is 273 g/mol. The minimum absolute atomic E-state index is 0.0550. The summed E-state index contributed by atoms with van der Waals surface area (Å²) in [7, 11) is 1.46. The van der Waals surface area contributed by atoms with Crippen LogP contribution in [0.5, 0.6) is 0 Å². The minimum Gasteiger partial charge on any atom is -0.481 e. The van der Waals surface area contributed by atoms with E-state index in [-0.39, 0.29) is 30.8 Å². The Balaban J connectivity index is 4.26. The first kappa shape index (κ1) is 17.4. The molecule has 0 fully saturated rings. The third-order valence-electron chi connectivity index (χ3n) is 2.26. The summed E-state index contributed by atoms with van der Waals surface area (Å²) >= 11 is 0. The second-order valence-electron chi connectivity index (χ2n) is 5.53. The lowest BCUT2D eigenvalue weighted by atomic mass is 10.1. The molecule has 0 aromatic carbocycles. The Morgan fingerprint density at radius 2 is 1.84 bits per heavy atom. The van der Waals surface area contributed by atoms with Crippen LogP contribution in [0.3, 0.4) is 0 Å². The summed E-state index contributed by atoms with van der Waals surface area (Å²) in [5, 5.41) is 11.2. The van der Waals surface area contributed by atoms with Crippen molar-refractivity contribution in [3.8, 4) is 0 Å². The lowest BCUT2D eigenvalue weighted by Crippen LogP contribution is -2.49. The van der Waals surface area contributed by atoms with Gasteiger partial charge in [0.25, 0.3) is 0 Å². The average Bonchev–Trinajstić information content (AvgIpc) is 2.21. The highest BCUT2D eigenvalue weighted by Gasteiger charge is 2.22. The van der Waals surface area contributed by atoms with Crippen LogP contribution in [0.4, 0.5) is 0 Å². The van der Waals surface area contributed by atoms with Crippen molar-refractivity contribution in [1.29, 1.82) is 0 Å². The van der Waals surface area contributed by atoms with Gasteiger partial charge in [-0.2, -0.15) is 0 Å². The van der Waals surface area contributed by atoms with E-state index in [1.54, 1.807) is 0 Å². The summed E-state index contributed by atoms with van der Waals surface area (Å²) in [5.74, 6) is -1.73. The zero-order valence-corrected chi connectivity index (χ0v) is 11.9. The molecule has 1 unspecified atom stereocenters. The van der Waals surface area contributed by atoms with Gasteiger partial charge in [0.2, 0.25) is 11.8 Å². The summed E-state index contributed by atoms with van der Waals surface area (Å²) < 4.78 is 0. The topological polar surface area (TPSA) is 113 Å². The van der Waals surface area contributed by atoms with Crippen LogP contribution in [0.25, 0.3) is 0 Å². The van der Waals surface area contributed by atoms with Crippen LogP contribution in [0.1, 0.15) is 33.6 Å². The quantitative estimate of drug-likeness (QED) is 0.607. The highest BCUT2D eigenvalue weighted by Crippen LogP contribution is 2.01. The lowest BCUT2D eigenvalue weighted by molar-refractivity contribution is -0.138. The molecule has 7 nitrogen and oxygen atoms in total. The van der Waals surface area contributed by atoms with Crippen LogP contribution >= 0.6 is 0 Å². The fourth-order valence-corrected chi connectivity index (χ4v) is 1.44. The van der Waals surface area contributed by atoms with Crippen molar-refractivity contribution in [2.24, 2.45) is 5.73 Å². The predicted octanol–water partition coefficient (Wildman–Crippen LogP) is -0.448. The van der Waals surface area contributed by atoms with Crippen LogP contribution in [0, 0.1) is 0 Å². The molecule has 0 aromatic heterocycles. The molecule has 0 aromatic rings. The average molecular weight is 273 g/mol. The Morgan fingerprint density at radius 3 is 2.26 bits per heavy atom. The molecule has 0 aliphatic rings. The zero-order chi connectivity index (χ0) is 15.2. The predicted molar refractivity (Wildman–Crippen MR) is 70.4 cm³/mol. The van der Waals surface area contributed by atoms with Gasteiger partial charge >= 0.3 is 5.97 Å². The second-order valence-corrected chi connectivity index (χ2v) is 5.53.